The van der Waals surface area contributed by atoms with Crippen molar-refractivity contribution in [1.29, 1.82) is 0 Å². The molecule has 0 bridgehead atoms. The van der Waals surface area contributed by atoms with Crippen molar-refractivity contribution in [3.63, 3.8) is 0 Å². The van der Waals surface area contributed by atoms with Gasteiger partial charge in [-0.3, -0.25) is 4.98 Å². The fraction of sp³-hybridized carbons (Fsp3) is 0.421. The van der Waals surface area contributed by atoms with Gasteiger partial charge in [0.15, 0.2) is 0 Å². The van der Waals surface area contributed by atoms with E-state index in [1.165, 1.54) is 29.4 Å². The van der Waals surface area contributed by atoms with E-state index in [-0.39, 0.29) is 0 Å². The Balaban J connectivity index is 1.59. The predicted octanol–water partition coefficient (Wildman–Crippen LogP) is 3.37. The second kappa shape index (κ2) is 6.59. The predicted molar refractivity (Wildman–Crippen MR) is 96.1 cm³/mol. The summed E-state index contributed by atoms with van der Waals surface area (Å²) in [7, 11) is 0. The molecular weight excluding hydrogens is 298 g/mol. The number of pyridine rings is 1. The molecule has 4 heterocycles. The van der Waals surface area contributed by atoms with Gasteiger partial charge in [0.25, 0.3) is 0 Å². The molecule has 0 aliphatic carbocycles. The van der Waals surface area contributed by atoms with Gasteiger partial charge in [-0.25, -0.2) is 9.97 Å². The average Bonchev–Trinajstić information content (AvgIpc) is 3.06. The molecule has 3 aromatic rings. The fourth-order valence-corrected chi connectivity index (χ4v) is 3.80. The van der Waals surface area contributed by atoms with Gasteiger partial charge in [-0.05, 0) is 48.8 Å². The van der Waals surface area contributed by atoms with Crippen molar-refractivity contribution in [1.82, 2.24) is 19.9 Å². The quantitative estimate of drug-likeness (QED) is 0.800. The molecule has 0 amide bonds. The Morgan fingerprint density at radius 1 is 1.33 bits per heavy atom. The monoisotopic (exact) mass is 321 g/mol. The van der Waals surface area contributed by atoms with Gasteiger partial charge in [-0.15, -0.1) is 0 Å². The molecule has 1 fully saturated rings. The molecular formula is C19H23N5. The highest BCUT2D eigenvalue weighted by atomic mass is 15.2. The van der Waals surface area contributed by atoms with E-state index in [1.807, 2.05) is 18.5 Å². The molecule has 1 saturated heterocycles. The van der Waals surface area contributed by atoms with Gasteiger partial charge in [-0.1, -0.05) is 13.0 Å². The molecule has 5 heteroatoms. The van der Waals surface area contributed by atoms with Crippen LogP contribution in [-0.2, 0) is 12.8 Å². The van der Waals surface area contributed by atoms with E-state index in [0.29, 0.717) is 5.92 Å². The van der Waals surface area contributed by atoms with Crippen LogP contribution in [0.4, 0.5) is 5.82 Å². The Hall–Kier alpha value is -2.43. The van der Waals surface area contributed by atoms with Crippen LogP contribution in [0.15, 0.2) is 37.1 Å². The minimum Gasteiger partial charge on any atom is -0.356 e. The van der Waals surface area contributed by atoms with Crippen molar-refractivity contribution < 1.29 is 0 Å². The fourth-order valence-electron chi connectivity index (χ4n) is 3.80. The van der Waals surface area contributed by atoms with Crippen molar-refractivity contribution in [3.8, 4) is 0 Å². The lowest BCUT2D eigenvalue weighted by Crippen LogP contribution is -2.37. The lowest BCUT2D eigenvalue weighted by Gasteiger charge is -2.34. The molecule has 4 rings (SSSR count). The number of aromatic nitrogens is 4. The number of H-pyrrole nitrogens is 1. The van der Waals surface area contributed by atoms with Crippen molar-refractivity contribution in [3.05, 3.63) is 48.2 Å². The lowest BCUT2D eigenvalue weighted by atomic mass is 9.91. The number of rotatable bonds is 4. The molecule has 3 aromatic heterocycles. The molecule has 1 atom stereocenters. The average molecular weight is 321 g/mol. The SMILES string of the molecule is CCc1c[nH]c2ncnc(N3CCCC(Cc4cccnc4)C3)c12. The molecule has 24 heavy (non-hydrogen) atoms. The van der Waals surface area contributed by atoms with Gasteiger partial charge in [0, 0.05) is 31.7 Å². The van der Waals surface area contributed by atoms with E-state index in [9.17, 15) is 0 Å². The summed E-state index contributed by atoms with van der Waals surface area (Å²) >= 11 is 0. The summed E-state index contributed by atoms with van der Waals surface area (Å²) in [6, 6.07) is 4.20. The van der Waals surface area contributed by atoms with E-state index >= 15 is 0 Å². The Labute approximate surface area is 142 Å². The zero-order chi connectivity index (χ0) is 16.4. The standard InChI is InChI=1S/C19H23N5/c1-2-16-11-21-18-17(16)19(23-13-22-18)24-8-4-6-15(12-24)9-14-5-3-7-20-10-14/h3,5,7,10-11,13,15H,2,4,6,8-9,12H2,1H3,(H,21,22,23). The molecule has 1 aliphatic rings. The highest BCUT2D eigenvalue weighted by Crippen LogP contribution is 2.30. The zero-order valence-corrected chi connectivity index (χ0v) is 14.1. The molecule has 5 nitrogen and oxygen atoms in total. The number of fused-ring (bicyclic) bond motifs is 1. The van der Waals surface area contributed by atoms with Gasteiger partial charge in [0.05, 0.1) is 5.39 Å². The van der Waals surface area contributed by atoms with Crippen LogP contribution in [0.25, 0.3) is 11.0 Å². The normalized spacial score (nSPS) is 18.2. The first-order valence-corrected chi connectivity index (χ1v) is 8.80. The first-order valence-electron chi connectivity index (χ1n) is 8.80. The smallest absolute Gasteiger partial charge is 0.143 e. The summed E-state index contributed by atoms with van der Waals surface area (Å²) in [5, 5.41) is 1.20. The van der Waals surface area contributed by atoms with Crippen LogP contribution in [0.3, 0.4) is 0 Å². The Morgan fingerprint density at radius 2 is 2.29 bits per heavy atom. The first kappa shape index (κ1) is 15.1. The maximum atomic E-state index is 4.64. The highest BCUT2D eigenvalue weighted by molar-refractivity contribution is 5.90. The topological polar surface area (TPSA) is 57.7 Å². The second-order valence-electron chi connectivity index (χ2n) is 6.61. The van der Waals surface area contributed by atoms with Gasteiger partial charge in [-0.2, -0.15) is 0 Å². The number of hydrogen-bond donors (Lipinski definition) is 1. The van der Waals surface area contributed by atoms with Crippen molar-refractivity contribution in [2.75, 3.05) is 18.0 Å². The molecule has 1 aliphatic heterocycles. The summed E-state index contributed by atoms with van der Waals surface area (Å²) < 4.78 is 0. The summed E-state index contributed by atoms with van der Waals surface area (Å²) in [6.07, 6.45) is 12.1. The molecule has 0 saturated carbocycles. The van der Waals surface area contributed by atoms with Crippen LogP contribution in [0, 0.1) is 5.92 Å². The van der Waals surface area contributed by atoms with E-state index in [0.717, 1.165) is 37.4 Å². The van der Waals surface area contributed by atoms with E-state index in [2.05, 4.69) is 44.0 Å². The summed E-state index contributed by atoms with van der Waals surface area (Å²) in [4.78, 5) is 19.0. The third-order valence-corrected chi connectivity index (χ3v) is 4.98. The third-order valence-electron chi connectivity index (χ3n) is 4.98. The van der Waals surface area contributed by atoms with Crippen LogP contribution >= 0.6 is 0 Å². The molecule has 124 valence electrons. The number of aromatic amines is 1. The Kier molecular flexibility index (Phi) is 4.15. The van der Waals surface area contributed by atoms with E-state index in [1.54, 1.807) is 6.33 Å². The molecule has 1 unspecified atom stereocenters. The van der Waals surface area contributed by atoms with Gasteiger partial charge < -0.3 is 9.88 Å². The van der Waals surface area contributed by atoms with Crippen molar-refractivity contribution in [2.45, 2.75) is 32.6 Å². The number of piperidine rings is 1. The van der Waals surface area contributed by atoms with Crippen LogP contribution in [0.1, 0.15) is 30.9 Å². The summed E-state index contributed by atoms with van der Waals surface area (Å²) in [6.45, 7) is 4.31. The van der Waals surface area contributed by atoms with E-state index < -0.39 is 0 Å². The maximum Gasteiger partial charge on any atom is 0.143 e. The summed E-state index contributed by atoms with van der Waals surface area (Å²) in [5.74, 6) is 1.74. The lowest BCUT2D eigenvalue weighted by molar-refractivity contribution is 0.411. The van der Waals surface area contributed by atoms with Crippen molar-refractivity contribution in [2.24, 2.45) is 5.92 Å². The molecule has 0 radical (unpaired) electrons. The molecule has 0 aromatic carbocycles. The number of nitrogens with one attached hydrogen (secondary N) is 1. The molecule has 0 spiro atoms. The number of aryl methyl sites for hydroxylation is 1. The number of anilines is 1. The minimum absolute atomic E-state index is 0.650. The minimum atomic E-state index is 0.650. The Bertz CT molecular complexity index is 811. The number of nitrogens with zero attached hydrogens (tertiary/aromatic N) is 4. The highest BCUT2D eigenvalue weighted by Gasteiger charge is 2.24. The van der Waals surface area contributed by atoms with Crippen LogP contribution in [-0.4, -0.2) is 33.0 Å². The van der Waals surface area contributed by atoms with Crippen molar-refractivity contribution >= 4 is 16.9 Å². The second-order valence-corrected chi connectivity index (χ2v) is 6.61. The third kappa shape index (κ3) is 2.86. The number of hydrogen-bond acceptors (Lipinski definition) is 4. The Morgan fingerprint density at radius 3 is 3.12 bits per heavy atom. The van der Waals surface area contributed by atoms with Gasteiger partial charge >= 0.3 is 0 Å². The van der Waals surface area contributed by atoms with E-state index in [4.69, 9.17) is 0 Å². The largest absolute Gasteiger partial charge is 0.356 e. The van der Waals surface area contributed by atoms with Crippen LogP contribution in [0.5, 0.6) is 0 Å². The summed E-state index contributed by atoms with van der Waals surface area (Å²) in [5.41, 5.74) is 3.58. The van der Waals surface area contributed by atoms with Gasteiger partial charge in [0.2, 0.25) is 0 Å². The van der Waals surface area contributed by atoms with Crippen LogP contribution in [0.2, 0.25) is 0 Å². The van der Waals surface area contributed by atoms with Gasteiger partial charge in [0.1, 0.15) is 17.8 Å². The van der Waals surface area contributed by atoms with Crippen LogP contribution < -0.4 is 4.90 Å². The zero-order valence-electron chi connectivity index (χ0n) is 14.1. The maximum absolute atomic E-state index is 4.64. The molecule has 1 N–H and O–H groups in total. The first-order chi connectivity index (χ1) is 11.8.